The minimum Gasteiger partial charge on any atom is -0.350 e. The Morgan fingerprint density at radius 3 is 2.82 bits per heavy atom. The lowest BCUT2D eigenvalue weighted by Gasteiger charge is -2.22. The Labute approximate surface area is 110 Å². The van der Waals surface area contributed by atoms with E-state index in [0.717, 1.165) is 13.1 Å². The molecule has 1 aromatic heterocycles. The number of aryl methyl sites for hydroxylation is 1. The van der Waals surface area contributed by atoms with Crippen molar-refractivity contribution in [2.45, 2.75) is 18.8 Å². The maximum absolute atomic E-state index is 3.58. The summed E-state index contributed by atoms with van der Waals surface area (Å²) in [7, 11) is 2.14. The zero-order valence-electron chi connectivity index (χ0n) is 10.0. The number of hydrogen-bond donors (Lipinski definition) is 1. The van der Waals surface area contributed by atoms with E-state index in [1.165, 1.54) is 33.8 Å². The average molecular weight is 293 g/mol. The molecule has 0 amide bonds. The van der Waals surface area contributed by atoms with E-state index >= 15 is 0 Å². The van der Waals surface area contributed by atoms with Crippen molar-refractivity contribution in [3.63, 3.8) is 0 Å². The number of nitrogens with zero attached hydrogens (tertiary/aromatic N) is 1. The molecular formula is C14H17BrN2. The molecule has 2 heterocycles. The highest BCUT2D eigenvalue weighted by Crippen LogP contribution is 2.33. The fraction of sp³-hybridized carbons (Fsp3) is 0.429. The molecule has 3 heteroatoms. The quantitative estimate of drug-likeness (QED) is 0.852. The second-order valence-electron chi connectivity index (χ2n) is 4.88. The second kappa shape index (κ2) is 4.46. The van der Waals surface area contributed by atoms with Gasteiger partial charge in [0.25, 0.3) is 0 Å². The fourth-order valence-corrected chi connectivity index (χ4v) is 3.21. The van der Waals surface area contributed by atoms with Gasteiger partial charge in [-0.2, -0.15) is 0 Å². The first-order valence-electron chi connectivity index (χ1n) is 6.21. The Morgan fingerprint density at radius 2 is 2.06 bits per heavy atom. The van der Waals surface area contributed by atoms with Crippen LogP contribution in [0.25, 0.3) is 10.9 Å². The number of fused-ring (bicyclic) bond motifs is 1. The van der Waals surface area contributed by atoms with Crippen molar-refractivity contribution in [2.75, 3.05) is 13.1 Å². The number of rotatable bonds is 1. The lowest BCUT2D eigenvalue weighted by Crippen LogP contribution is -2.26. The largest absolute Gasteiger partial charge is 0.350 e. The Bertz CT molecular complexity index is 538. The first-order chi connectivity index (χ1) is 8.25. The van der Waals surface area contributed by atoms with Gasteiger partial charge in [-0.15, -0.1) is 0 Å². The topological polar surface area (TPSA) is 17.0 Å². The van der Waals surface area contributed by atoms with Gasteiger partial charge in [-0.25, -0.2) is 0 Å². The van der Waals surface area contributed by atoms with Crippen LogP contribution in [0.4, 0.5) is 0 Å². The third-order valence-corrected chi connectivity index (χ3v) is 4.25. The van der Waals surface area contributed by atoms with E-state index < -0.39 is 0 Å². The van der Waals surface area contributed by atoms with Gasteiger partial charge >= 0.3 is 0 Å². The number of halogens is 1. The maximum atomic E-state index is 3.58. The Morgan fingerprint density at radius 1 is 1.29 bits per heavy atom. The zero-order chi connectivity index (χ0) is 11.8. The number of piperidine rings is 1. The maximum Gasteiger partial charge on any atom is 0.0481 e. The van der Waals surface area contributed by atoms with Crippen molar-refractivity contribution in [3.05, 3.63) is 34.4 Å². The van der Waals surface area contributed by atoms with Gasteiger partial charge < -0.3 is 9.88 Å². The van der Waals surface area contributed by atoms with E-state index in [0.29, 0.717) is 5.92 Å². The molecule has 1 aromatic carbocycles. The van der Waals surface area contributed by atoms with Crippen LogP contribution in [0.5, 0.6) is 0 Å². The van der Waals surface area contributed by atoms with Crippen LogP contribution in [0, 0.1) is 0 Å². The van der Waals surface area contributed by atoms with E-state index in [1.807, 2.05) is 0 Å². The molecule has 2 nitrogen and oxygen atoms in total. The predicted molar refractivity (Wildman–Crippen MR) is 75.5 cm³/mol. The van der Waals surface area contributed by atoms with Crippen molar-refractivity contribution < 1.29 is 0 Å². The standard InChI is InChI=1S/C14H17BrN2/c1-17-9-13(10-4-6-16-7-5-10)12-8-11(15)2-3-14(12)17/h2-3,8-10,16H,4-7H2,1H3. The minimum atomic E-state index is 0.717. The smallest absolute Gasteiger partial charge is 0.0481 e. The van der Waals surface area contributed by atoms with Gasteiger partial charge in [0.05, 0.1) is 0 Å². The summed E-state index contributed by atoms with van der Waals surface area (Å²) in [4.78, 5) is 0. The lowest BCUT2D eigenvalue weighted by molar-refractivity contribution is 0.462. The Kier molecular flexibility index (Phi) is 2.97. The minimum absolute atomic E-state index is 0.717. The van der Waals surface area contributed by atoms with Gasteiger partial charge in [0.2, 0.25) is 0 Å². The van der Waals surface area contributed by atoms with Crippen LogP contribution in [0.2, 0.25) is 0 Å². The summed E-state index contributed by atoms with van der Waals surface area (Å²) in [6, 6.07) is 6.57. The van der Waals surface area contributed by atoms with Crippen LogP contribution in [0.15, 0.2) is 28.9 Å². The van der Waals surface area contributed by atoms with Gasteiger partial charge in [-0.1, -0.05) is 15.9 Å². The van der Waals surface area contributed by atoms with Crippen molar-refractivity contribution in [2.24, 2.45) is 7.05 Å². The molecule has 3 rings (SSSR count). The first-order valence-corrected chi connectivity index (χ1v) is 7.00. The molecule has 0 radical (unpaired) electrons. The van der Waals surface area contributed by atoms with Crippen LogP contribution < -0.4 is 5.32 Å². The van der Waals surface area contributed by atoms with Crippen LogP contribution in [-0.4, -0.2) is 17.7 Å². The van der Waals surface area contributed by atoms with Crippen LogP contribution in [0.1, 0.15) is 24.3 Å². The SMILES string of the molecule is Cn1cc(C2CCNCC2)c2cc(Br)ccc21. The fourth-order valence-electron chi connectivity index (χ4n) is 2.85. The summed E-state index contributed by atoms with van der Waals surface area (Å²) >= 11 is 3.58. The molecule has 2 aromatic rings. The van der Waals surface area contributed by atoms with Crippen LogP contribution in [0.3, 0.4) is 0 Å². The third kappa shape index (κ3) is 2.02. The molecule has 17 heavy (non-hydrogen) atoms. The van der Waals surface area contributed by atoms with Crippen molar-refractivity contribution in [1.82, 2.24) is 9.88 Å². The molecule has 1 fully saturated rings. The van der Waals surface area contributed by atoms with E-state index in [4.69, 9.17) is 0 Å². The highest BCUT2D eigenvalue weighted by atomic mass is 79.9. The molecule has 0 saturated carbocycles. The highest BCUT2D eigenvalue weighted by molar-refractivity contribution is 9.10. The highest BCUT2D eigenvalue weighted by Gasteiger charge is 2.19. The molecule has 1 N–H and O–H groups in total. The van der Waals surface area contributed by atoms with Crippen LogP contribution >= 0.6 is 15.9 Å². The normalized spacial score (nSPS) is 17.8. The molecule has 1 aliphatic rings. The molecule has 90 valence electrons. The van der Waals surface area contributed by atoms with Crippen molar-refractivity contribution in [1.29, 1.82) is 0 Å². The number of hydrogen-bond acceptors (Lipinski definition) is 1. The van der Waals surface area contributed by atoms with Crippen LogP contribution in [-0.2, 0) is 7.05 Å². The Balaban J connectivity index is 2.11. The average Bonchev–Trinajstić information content (AvgIpc) is 2.67. The van der Waals surface area contributed by atoms with Gasteiger partial charge in [-0.3, -0.25) is 0 Å². The van der Waals surface area contributed by atoms with E-state index in [9.17, 15) is 0 Å². The molecular weight excluding hydrogens is 276 g/mol. The number of aromatic nitrogens is 1. The summed E-state index contributed by atoms with van der Waals surface area (Å²) in [6.45, 7) is 2.30. The van der Waals surface area contributed by atoms with E-state index in [1.54, 1.807) is 0 Å². The molecule has 1 aliphatic heterocycles. The predicted octanol–water partition coefficient (Wildman–Crippen LogP) is 3.41. The molecule has 0 aliphatic carbocycles. The van der Waals surface area contributed by atoms with Crippen molar-refractivity contribution >= 4 is 26.8 Å². The molecule has 1 saturated heterocycles. The van der Waals surface area contributed by atoms with Crippen molar-refractivity contribution in [3.8, 4) is 0 Å². The molecule has 0 atom stereocenters. The summed E-state index contributed by atoms with van der Waals surface area (Å²) in [5.41, 5.74) is 2.85. The van der Waals surface area contributed by atoms with Gasteiger partial charge in [0.15, 0.2) is 0 Å². The monoisotopic (exact) mass is 292 g/mol. The molecule has 0 unspecified atom stereocenters. The summed E-state index contributed by atoms with van der Waals surface area (Å²) < 4.78 is 3.42. The molecule has 0 spiro atoms. The number of nitrogens with one attached hydrogen (secondary N) is 1. The van der Waals surface area contributed by atoms with Gasteiger partial charge in [0.1, 0.15) is 0 Å². The second-order valence-corrected chi connectivity index (χ2v) is 5.80. The van der Waals surface area contributed by atoms with Gasteiger partial charge in [0, 0.05) is 28.6 Å². The number of benzene rings is 1. The first kappa shape index (κ1) is 11.3. The Hall–Kier alpha value is -0.800. The lowest BCUT2D eigenvalue weighted by atomic mass is 9.90. The zero-order valence-corrected chi connectivity index (χ0v) is 11.6. The molecule has 0 bridgehead atoms. The van der Waals surface area contributed by atoms with E-state index in [2.05, 4.69) is 57.3 Å². The third-order valence-electron chi connectivity index (χ3n) is 3.76. The summed E-state index contributed by atoms with van der Waals surface area (Å²) in [5, 5.41) is 4.85. The van der Waals surface area contributed by atoms with E-state index in [-0.39, 0.29) is 0 Å². The summed E-state index contributed by atoms with van der Waals surface area (Å²) in [6.07, 6.45) is 4.82. The summed E-state index contributed by atoms with van der Waals surface area (Å²) in [5.74, 6) is 0.717. The van der Waals surface area contributed by atoms with Gasteiger partial charge in [-0.05, 0) is 55.6 Å².